The molecule has 1 aromatic carbocycles. The van der Waals surface area contributed by atoms with Crippen LogP contribution in [0, 0.1) is 0 Å². The topological polar surface area (TPSA) is 36.0 Å². The van der Waals surface area contributed by atoms with Crippen LogP contribution < -0.4 is 0 Å². The van der Waals surface area contributed by atoms with Crippen molar-refractivity contribution in [3.63, 3.8) is 0 Å². The van der Waals surface area contributed by atoms with Gasteiger partial charge in [0, 0.05) is 17.0 Å². The third-order valence-electron chi connectivity index (χ3n) is 2.15. The molecule has 0 unspecified atom stereocenters. The van der Waals surface area contributed by atoms with Crippen LogP contribution >= 0.6 is 0 Å². The van der Waals surface area contributed by atoms with Gasteiger partial charge in [0.05, 0.1) is 0 Å². The first-order valence-electron chi connectivity index (χ1n) is 4.10. The van der Waals surface area contributed by atoms with E-state index in [4.69, 9.17) is 0 Å². The van der Waals surface area contributed by atoms with E-state index >= 15 is 0 Å². The highest BCUT2D eigenvalue weighted by atomic mass is 16.3. The molecule has 0 aliphatic heterocycles. The fraction of sp³-hybridized carbons (Fsp3) is 0.200. The molecule has 0 fully saturated rings. The summed E-state index contributed by atoms with van der Waals surface area (Å²) in [6, 6.07) is 6.11. The van der Waals surface area contributed by atoms with E-state index in [9.17, 15) is 5.11 Å². The summed E-state index contributed by atoms with van der Waals surface area (Å²) >= 11 is 0. The van der Waals surface area contributed by atoms with E-state index in [2.05, 4.69) is 18.0 Å². The number of rotatable bonds is 1. The molecule has 12 heavy (non-hydrogen) atoms. The SMILES string of the molecule is CCc1ccc2c[nH]c(O)c2c1. The minimum absolute atomic E-state index is 0.264. The largest absolute Gasteiger partial charge is 0.494 e. The van der Waals surface area contributed by atoms with Gasteiger partial charge in [-0.05, 0) is 18.1 Å². The second-order valence-electron chi connectivity index (χ2n) is 2.91. The monoisotopic (exact) mass is 161 g/mol. The van der Waals surface area contributed by atoms with Gasteiger partial charge < -0.3 is 10.1 Å². The minimum Gasteiger partial charge on any atom is -0.494 e. The maximum absolute atomic E-state index is 9.38. The van der Waals surface area contributed by atoms with Crippen LogP contribution in [-0.2, 0) is 6.42 Å². The third kappa shape index (κ3) is 0.961. The van der Waals surface area contributed by atoms with Gasteiger partial charge in [0.25, 0.3) is 0 Å². The van der Waals surface area contributed by atoms with E-state index < -0.39 is 0 Å². The highest BCUT2D eigenvalue weighted by Crippen LogP contribution is 2.24. The van der Waals surface area contributed by atoms with Crippen LogP contribution in [0.2, 0.25) is 0 Å². The van der Waals surface area contributed by atoms with Crippen LogP contribution in [0.25, 0.3) is 10.8 Å². The summed E-state index contributed by atoms with van der Waals surface area (Å²) < 4.78 is 0. The Morgan fingerprint density at radius 2 is 2.25 bits per heavy atom. The van der Waals surface area contributed by atoms with Gasteiger partial charge in [0.15, 0.2) is 5.88 Å². The van der Waals surface area contributed by atoms with Crippen LogP contribution in [0.15, 0.2) is 24.4 Å². The number of aromatic hydroxyl groups is 1. The van der Waals surface area contributed by atoms with E-state index in [0.717, 1.165) is 17.2 Å². The number of benzene rings is 1. The predicted molar refractivity (Wildman–Crippen MR) is 49.3 cm³/mol. The minimum atomic E-state index is 0.264. The molecule has 1 heterocycles. The number of hydrogen-bond acceptors (Lipinski definition) is 1. The van der Waals surface area contributed by atoms with Crippen LogP contribution in [0.4, 0.5) is 0 Å². The molecule has 0 spiro atoms. The quantitative estimate of drug-likeness (QED) is 0.662. The second-order valence-corrected chi connectivity index (χ2v) is 2.91. The van der Waals surface area contributed by atoms with Crippen molar-refractivity contribution in [2.75, 3.05) is 0 Å². The van der Waals surface area contributed by atoms with E-state index in [1.165, 1.54) is 5.56 Å². The summed E-state index contributed by atoms with van der Waals surface area (Å²) in [5.41, 5.74) is 1.25. The summed E-state index contributed by atoms with van der Waals surface area (Å²) in [4.78, 5) is 2.78. The van der Waals surface area contributed by atoms with Gasteiger partial charge in [0.1, 0.15) is 0 Å². The molecule has 2 nitrogen and oxygen atoms in total. The molecular weight excluding hydrogens is 150 g/mol. The van der Waals surface area contributed by atoms with Crippen molar-refractivity contribution < 1.29 is 5.11 Å². The smallest absolute Gasteiger partial charge is 0.196 e. The number of fused-ring (bicyclic) bond motifs is 1. The predicted octanol–water partition coefficient (Wildman–Crippen LogP) is 2.44. The van der Waals surface area contributed by atoms with Crippen LogP contribution in [0.3, 0.4) is 0 Å². The fourth-order valence-electron chi connectivity index (χ4n) is 1.38. The molecule has 0 saturated heterocycles. The lowest BCUT2D eigenvalue weighted by Gasteiger charge is -1.95. The maximum Gasteiger partial charge on any atom is 0.196 e. The molecule has 0 aliphatic rings. The summed E-state index contributed by atoms with van der Waals surface area (Å²) in [5.74, 6) is 0.264. The summed E-state index contributed by atoms with van der Waals surface area (Å²) in [6.45, 7) is 2.10. The summed E-state index contributed by atoms with van der Waals surface area (Å²) in [6.07, 6.45) is 2.81. The number of aromatic amines is 1. The average Bonchev–Trinajstić information content (AvgIpc) is 2.47. The fourth-order valence-corrected chi connectivity index (χ4v) is 1.38. The Balaban J connectivity index is 2.71. The van der Waals surface area contributed by atoms with Crippen molar-refractivity contribution in [2.45, 2.75) is 13.3 Å². The first kappa shape index (κ1) is 7.22. The Labute approximate surface area is 70.8 Å². The van der Waals surface area contributed by atoms with E-state index in [1.807, 2.05) is 18.3 Å². The lowest BCUT2D eigenvalue weighted by atomic mass is 10.1. The molecule has 0 aliphatic carbocycles. The number of aromatic nitrogens is 1. The zero-order valence-corrected chi connectivity index (χ0v) is 6.96. The second kappa shape index (κ2) is 2.55. The highest BCUT2D eigenvalue weighted by Gasteiger charge is 2.01. The van der Waals surface area contributed by atoms with Crippen molar-refractivity contribution >= 4 is 10.8 Å². The Bertz CT molecular complexity index is 403. The maximum atomic E-state index is 9.38. The van der Waals surface area contributed by atoms with Crippen LogP contribution in [-0.4, -0.2) is 10.1 Å². The molecule has 1 aromatic heterocycles. The summed E-state index contributed by atoms with van der Waals surface area (Å²) in [5, 5.41) is 11.3. The van der Waals surface area contributed by atoms with Crippen molar-refractivity contribution in [2.24, 2.45) is 0 Å². The van der Waals surface area contributed by atoms with Crippen LogP contribution in [0.1, 0.15) is 12.5 Å². The van der Waals surface area contributed by atoms with Crippen molar-refractivity contribution in [3.05, 3.63) is 30.0 Å². The molecule has 0 bridgehead atoms. The third-order valence-corrected chi connectivity index (χ3v) is 2.15. The molecule has 0 radical (unpaired) electrons. The number of aryl methyl sites for hydroxylation is 1. The Morgan fingerprint density at radius 3 is 3.00 bits per heavy atom. The normalized spacial score (nSPS) is 10.8. The first-order valence-corrected chi connectivity index (χ1v) is 4.10. The standard InChI is InChI=1S/C10H11NO/c1-2-7-3-4-8-6-11-10(12)9(8)5-7/h3-6,11-12H,2H2,1H3. The Morgan fingerprint density at radius 1 is 1.42 bits per heavy atom. The molecule has 0 saturated carbocycles. The van der Waals surface area contributed by atoms with Crippen LogP contribution in [0.5, 0.6) is 5.88 Å². The molecule has 2 heteroatoms. The zero-order chi connectivity index (χ0) is 8.55. The van der Waals surface area contributed by atoms with Gasteiger partial charge in [-0.15, -0.1) is 0 Å². The Hall–Kier alpha value is -1.44. The zero-order valence-electron chi connectivity index (χ0n) is 6.96. The molecule has 2 N–H and O–H groups in total. The van der Waals surface area contributed by atoms with Gasteiger partial charge in [-0.2, -0.15) is 0 Å². The van der Waals surface area contributed by atoms with Crippen molar-refractivity contribution in [3.8, 4) is 5.88 Å². The highest BCUT2D eigenvalue weighted by molar-refractivity contribution is 5.87. The first-order chi connectivity index (χ1) is 5.81. The number of H-pyrrole nitrogens is 1. The van der Waals surface area contributed by atoms with Crippen molar-refractivity contribution in [1.29, 1.82) is 0 Å². The van der Waals surface area contributed by atoms with E-state index in [0.29, 0.717) is 0 Å². The number of nitrogens with one attached hydrogen (secondary N) is 1. The van der Waals surface area contributed by atoms with Gasteiger partial charge >= 0.3 is 0 Å². The van der Waals surface area contributed by atoms with E-state index in [1.54, 1.807) is 0 Å². The molecule has 2 rings (SSSR count). The van der Waals surface area contributed by atoms with Crippen molar-refractivity contribution in [1.82, 2.24) is 4.98 Å². The van der Waals surface area contributed by atoms with Gasteiger partial charge in [-0.1, -0.05) is 19.1 Å². The molecule has 62 valence electrons. The molecule has 0 amide bonds. The van der Waals surface area contributed by atoms with Gasteiger partial charge in [0.2, 0.25) is 0 Å². The van der Waals surface area contributed by atoms with Gasteiger partial charge in [-0.25, -0.2) is 0 Å². The molecule has 0 atom stereocenters. The average molecular weight is 161 g/mol. The molecular formula is C10H11NO. The molecule has 2 aromatic rings. The summed E-state index contributed by atoms with van der Waals surface area (Å²) in [7, 11) is 0. The lowest BCUT2D eigenvalue weighted by molar-refractivity contribution is 0.462. The number of hydrogen-bond donors (Lipinski definition) is 2. The lowest BCUT2D eigenvalue weighted by Crippen LogP contribution is -1.77. The van der Waals surface area contributed by atoms with Gasteiger partial charge in [-0.3, -0.25) is 0 Å². The Kier molecular flexibility index (Phi) is 1.54. The van der Waals surface area contributed by atoms with E-state index in [-0.39, 0.29) is 5.88 Å².